The molecule has 0 fully saturated rings. The third-order valence-corrected chi connectivity index (χ3v) is 10.2. The summed E-state index contributed by atoms with van der Waals surface area (Å²) in [5.74, 6) is 0. The molecule has 0 atom stereocenters. The first-order valence-corrected chi connectivity index (χ1v) is 18.0. The summed E-state index contributed by atoms with van der Waals surface area (Å²) in [4.78, 5) is 0. The van der Waals surface area contributed by atoms with E-state index in [1.807, 2.05) is 0 Å². The first-order valence-electron chi connectivity index (χ1n) is 36.0. The van der Waals surface area contributed by atoms with E-state index >= 15 is 0 Å². The van der Waals surface area contributed by atoms with E-state index in [0.29, 0.717) is 0 Å². The predicted molar refractivity (Wildman–Crippen MR) is 259 cm³/mol. The van der Waals surface area contributed by atoms with Gasteiger partial charge in [-0.1, -0.05) is 193 Å². The summed E-state index contributed by atoms with van der Waals surface area (Å²) in [6.07, 6.45) is 0. The molecule has 0 saturated carbocycles. The van der Waals surface area contributed by atoms with Crippen LogP contribution in [0.5, 0.6) is 0 Å². The van der Waals surface area contributed by atoms with Gasteiger partial charge in [0.2, 0.25) is 0 Å². The molecular formula is C60H36. The fraction of sp³-hybridized carbons (Fsp3) is 0. The minimum absolute atomic E-state index is 0.346. The van der Waals surface area contributed by atoms with E-state index < -0.39 is 338 Å². The Labute approximate surface area is 398 Å². The molecule has 0 unspecified atom stereocenters. The minimum atomic E-state index is -1.31. The zero-order valence-electron chi connectivity index (χ0n) is 66.0. The number of hydrogen-bond donors (Lipinski definition) is 0. The summed E-state index contributed by atoms with van der Waals surface area (Å²) in [7, 11) is 0. The molecule has 13 rings (SSSR count). The van der Waals surface area contributed by atoms with E-state index in [1.165, 1.54) is 0 Å². The van der Waals surface area contributed by atoms with Crippen LogP contribution < -0.4 is 0 Å². The van der Waals surface area contributed by atoms with Gasteiger partial charge in [-0.25, -0.2) is 0 Å². The SMILES string of the molecule is [2H]c1c([2H])c(-c2c([2H])c(-c3c([2H])c([2H])c(-c4c([2H])c([2H])c5c([2H])c([2H])c6c([2H])c([2H])c([2H])c7c([2H])c([2H])c4c5c67)c([2H])c3[2H])c([2H])c(-c3c([2H])c([2H])c([2H])c4c([2H])c([2H])c([2H])c([2H])c34)c2[2H])c([2H])c(-c2c([2H])c([2H])c3c([2H])c([2H])c4c([2H])c([2H])c([2H])c5c([2H])c([2H])c2c3c45)c1[2H]. The van der Waals surface area contributed by atoms with E-state index in [9.17, 15) is 27.4 Å². The van der Waals surface area contributed by atoms with Gasteiger partial charge >= 0.3 is 0 Å². The highest BCUT2D eigenvalue weighted by molar-refractivity contribution is 6.26. The van der Waals surface area contributed by atoms with Crippen LogP contribution in [0.2, 0.25) is 0 Å². The molecule has 0 spiro atoms. The lowest BCUT2D eigenvalue weighted by molar-refractivity contribution is 1.57. The van der Waals surface area contributed by atoms with Crippen molar-refractivity contribution in [3.8, 4) is 55.6 Å². The van der Waals surface area contributed by atoms with Crippen molar-refractivity contribution in [1.29, 1.82) is 0 Å². The molecule has 0 aromatic heterocycles. The highest BCUT2D eigenvalue weighted by atomic mass is 14.2. The van der Waals surface area contributed by atoms with E-state index in [-0.39, 0.29) is 10.8 Å². The van der Waals surface area contributed by atoms with Crippen molar-refractivity contribution < 1.29 is 49.3 Å². The summed E-state index contributed by atoms with van der Waals surface area (Å²) in [6, 6.07) is -36.1. The highest BCUT2D eigenvalue weighted by Crippen LogP contribution is 2.43. The van der Waals surface area contributed by atoms with Gasteiger partial charge in [0.05, 0.1) is 49.3 Å². The van der Waals surface area contributed by atoms with Gasteiger partial charge in [-0.3, -0.25) is 0 Å². The summed E-state index contributed by atoms with van der Waals surface area (Å²) in [6.45, 7) is 0. The second-order valence-electron chi connectivity index (χ2n) is 13.5. The van der Waals surface area contributed by atoms with Crippen LogP contribution >= 0.6 is 0 Å². The molecule has 13 aromatic carbocycles. The number of fused-ring (bicyclic) bond motifs is 1. The Morgan fingerprint density at radius 2 is 0.600 bits per heavy atom. The molecule has 13 aromatic rings. The molecule has 0 heteroatoms. The molecule has 276 valence electrons. The van der Waals surface area contributed by atoms with Crippen molar-refractivity contribution in [2.75, 3.05) is 0 Å². The molecule has 0 N–H and O–H groups in total. The van der Waals surface area contributed by atoms with Crippen molar-refractivity contribution in [1.82, 2.24) is 0 Å². The molecule has 0 nitrogen and oxygen atoms in total. The molecule has 0 aliphatic rings. The molecule has 60 heavy (non-hydrogen) atoms. The smallest absolute Gasteiger partial charge is 0.0616 e. The lowest BCUT2D eigenvalue weighted by Crippen LogP contribution is -1.90. The monoisotopic (exact) mass is 793 g/mol. The normalized spacial score (nSPS) is 20.4. The van der Waals surface area contributed by atoms with E-state index in [4.69, 9.17) is 21.9 Å². The summed E-state index contributed by atoms with van der Waals surface area (Å²) in [5.41, 5.74) is -10.1. The van der Waals surface area contributed by atoms with Crippen LogP contribution in [0.25, 0.3) is 131 Å². The Balaban J connectivity index is 1.22. The Hall–Kier alpha value is -7.80. The molecule has 0 saturated heterocycles. The van der Waals surface area contributed by atoms with Crippen LogP contribution in [-0.2, 0) is 0 Å². The van der Waals surface area contributed by atoms with Gasteiger partial charge in [0.25, 0.3) is 0 Å². The van der Waals surface area contributed by atoms with Crippen molar-refractivity contribution in [2.24, 2.45) is 0 Å². The van der Waals surface area contributed by atoms with E-state index in [2.05, 4.69) is 0 Å². The van der Waals surface area contributed by atoms with Crippen LogP contribution in [0, 0.1) is 0 Å². The molecule has 0 heterocycles. The first-order chi connectivity index (χ1) is 44.8. The molecule has 0 aliphatic carbocycles. The van der Waals surface area contributed by atoms with Crippen LogP contribution in [0.3, 0.4) is 0 Å². The van der Waals surface area contributed by atoms with Crippen molar-refractivity contribution in [3.63, 3.8) is 0 Å². The third-order valence-electron chi connectivity index (χ3n) is 10.2. The zero-order chi connectivity index (χ0) is 70.6. The number of benzene rings is 13. The van der Waals surface area contributed by atoms with Gasteiger partial charge in [-0.15, -0.1) is 0 Å². The largest absolute Gasteiger partial charge is 0.0636 e. The Bertz CT molecular complexity index is 5860. The van der Waals surface area contributed by atoms with Gasteiger partial charge in [0.1, 0.15) is 0 Å². The number of hydrogen-bond acceptors (Lipinski definition) is 0. The number of rotatable bonds is 5. The quantitative estimate of drug-likeness (QED) is 0.152. The van der Waals surface area contributed by atoms with Crippen LogP contribution in [0.1, 0.15) is 49.3 Å². The highest BCUT2D eigenvalue weighted by Gasteiger charge is 2.16. The minimum Gasteiger partial charge on any atom is -0.0616 e. The fourth-order valence-corrected chi connectivity index (χ4v) is 7.50. The summed E-state index contributed by atoms with van der Waals surface area (Å²) >= 11 is 0. The lowest BCUT2D eigenvalue weighted by Gasteiger charge is -2.16. The lowest BCUT2D eigenvalue weighted by atomic mass is 9.88. The van der Waals surface area contributed by atoms with E-state index in [1.54, 1.807) is 0 Å². The Morgan fingerprint density at radius 3 is 1.25 bits per heavy atom. The van der Waals surface area contributed by atoms with Gasteiger partial charge in [0.15, 0.2) is 0 Å². The second kappa shape index (κ2) is 12.9. The van der Waals surface area contributed by atoms with Gasteiger partial charge < -0.3 is 0 Å². The van der Waals surface area contributed by atoms with Gasteiger partial charge in [-0.05, 0) is 155 Å². The molecular weight excluding hydrogens is 721 g/mol. The average molecular weight is 793 g/mol. The summed E-state index contributed by atoms with van der Waals surface area (Å²) < 4.78 is 334. The van der Waals surface area contributed by atoms with Crippen molar-refractivity contribution >= 4 is 75.4 Å². The van der Waals surface area contributed by atoms with Crippen LogP contribution in [-0.4, -0.2) is 0 Å². The third kappa shape index (κ3) is 5.04. The molecule has 0 amide bonds. The second-order valence-corrected chi connectivity index (χ2v) is 13.5. The van der Waals surface area contributed by atoms with Crippen molar-refractivity contribution in [3.05, 3.63) is 218 Å². The van der Waals surface area contributed by atoms with Gasteiger partial charge in [0, 0.05) is 0 Å². The molecule has 0 aliphatic heterocycles. The van der Waals surface area contributed by atoms with Crippen LogP contribution in [0.4, 0.5) is 0 Å². The summed E-state index contributed by atoms with van der Waals surface area (Å²) in [5, 5.41) is -7.40. The Kier molecular flexibility index (Phi) is 2.92. The van der Waals surface area contributed by atoms with Gasteiger partial charge in [-0.2, -0.15) is 0 Å². The standard InChI is InChI=1S/C60H36/c1-2-15-51-38(7-1)8-6-16-52(51)50-35-48(37-17-19-39(20-18-37)53-29-25-44-23-21-40-9-3-11-42-27-31-55(53)59(44)57(40)42)34-49(36-50)46-13-5-14-47(33-46)54-30-26-45-24-22-41-10-4-12-43-28-32-56(54)60(45)58(41)43/h1-36H/i1D,2D,3D,4D,5D,6D,7D,8D,9D,10D,11D,12D,13D,14D,15D,16D,17D,18D,19D,20D,21D,22D,23D,24D,25D,26D,27D,28D,29D,30D,31D,32D,33D,34D,35D,36D. The molecule has 0 radical (unpaired) electrons. The average Bonchev–Trinajstić information content (AvgIpc) is 0.702. The van der Waals surface area contributed by atoms with E-state index in [0.717, 1.165) is 0 Å². The van der Waals surface area contributed by atoms with Crippen molar-refractivity contribution in [2.45, 2.75) is 0 Å². The maximum atomic E-state index is 10.2. The topological polar surface area (TPSA) is 0 Å². The zero-order valence-corrected chi connectivity index (χ0v) is 30.0. The molecule has 0 bridgehead atoms. The predicted octanol–water partition coefficient (Wildman–Crippen LogP) is 17.0. The first kappa shape index (κ1) is 13.6. The van der Waals surface area contributed by atoms with Crippen LogP contribution in [0.15, 0.2) is 218 Å². The Morgan fingerprint density at radius 1 is 0.200 bits per heavy atom. The fourth-order valence-electron chi connectivity index (χ4n) is 7.50. The maximum absolute atomic E-state index is 10.2. The maximum Gasteiger partial charge on any atom is 0.0636 e.